The highest BCUT2D eigenvalue weighted by atomic mass is 16.6. The summed E-state index contributed by atoms with van der Waals surface area (Å²) in [6, 6.07) is -0.227. The van der Waals surface area contributed by atoms with Crippen molar-refractivity contribution < 1.29 is 54.1 Å². The molecule has 5 N–H and O–H groups in total. The van der Waals surface area contributed by atoms with E-state index in [1.807, 2.05) is 6.92 Å². The van der Waals surface area contributed by atoms with Gasteiger partial charge in [0, 0.05) is 109 Å². The lowest BCUT2D eigenvalue weighted by Gasteiger charge is -2.66. The van der Waals surface area contributed by atoms with E-state index in [-0.39, 0.29) is 90.5 Å². The Labute approximate surface area is 675 Å². The number of ether oxygens (including phenoxy) is 1. The number of hydrogen-bond donors (Lipinski definition) is 5. The van der Waals surface area contributed by atoms with Crippen molar-refractivity contribution in [3.63, 3.8) is 0 Å². The number of oxime groups is 1. The summed E-state index contributed by atoms with van der Waals surface area (Å²) in [6.45, 7) is 23.2. The fourth-order valence-corrected chi connectivity index (χ4v) is 37.1. The lowest BCUT2D eigenvalue weighted by Crippen LogP contribution is -2.68. The summed E-state index contributed by atoms with van der Waals surface area (Å²) >= 11 is 0. The highest BCUT2D eigenvalue weighted by molar-refractivity contribution is 5.93. The number of nitrogens with one attached hydrogen (secondary N) is 2. The summed E-state index contributed by atoms with van der Waals surface area (Å²) in [5, 5.41) is 70.8. The molecule has 113 heavy (non-hydrogen) atoms. The van der Waals surface area contributed by atoms with E-state index in [1.165, 1.54) is 155 Å². The number of nitro groups is 3. The van der Waals surface area contributed by atoms with Crippen molar-refractivity contribution in [3.8, 4) is 0 Å². The van der Waals surface area contributed by atoms with Gasteiger partial charge in [0.25, 0.3) is 0 Å². The van der Waals surface area contributed by atoms with Crippen LogP contribution in [0.1, 0.15) is 325 Å². The van der Waals surface area contributed by atoms with E-state index in [0.29, 0.717) is 75.9 Å². The van der Waals surface area contributed by atoms with Crippen LogP contribution in [-0.2, 0) is 23.9 Å². The molecule has 30 aliphatic rings. The SMILES string of the molecule is C=C.CC12CC3CC(CC(C3)/C1=N\O)C2.CC12CC3CC(CC(C3)C1(CCC(=O)O)[N+](=O)[O-])C2.CC12CC3CC(CC(C3)C13CCC(=O)N3)C2.CC12CC3CC(CC(C3)C13CCCN3)C2.CC12CC3CC(CC(C3)C1=O)C2.CC12CC3CC(CC(C3)C1[N+](=O)[O-])C2.CO.COC(=O)CCC1([N+](=O)[O-])C2CC3CC(C2)CC1(C)C3. The standard InChI is InChI=1S/C15H23NO4.C14H21NO4.C14H21NO.C14H23N.C11H17NO2.C11H17NO.C11H16O.C2H4.CH4O/c1-14-8-10-5-11(9-14)7-12(6-10)15(14,16(18)19)4-3-13(17)20-2;1-13-7-9-4-10(8-13)6-11(5-9)14(13,15(18)19)3-2-12(16)17;1-13-7-9-4-10(8-13)6-11(5-9)14(13)3-2-12(16)15-14;1-13-8-10-5-11(9-13)7-12(6-10)14(13)3-2-4-15-14;1-11-5-7-2-8(6-11)4-9(3-7)10(11)12(13)14;1-11-5-7-2-8(6-11)4-9(3-7)10(11)12-13;1-11-5-7-2-8(6-11)4-9(3-7)10(11)12;2*1-2/h10-12H,3-9H2,1-2H3;9-11H,2-8H2,1H3,(H,16,17);9-11H,2-8H2,1H3,(H,15,16);10-12,15H,2-9H2,1H3;7-10H,2-6H2,1H3;7-9,13H,2-6H2,1H3;7-9H,2-6H2,1H3;1-2H2;2H,1H3/b;;;;;12-10+;;;. The maximum atomic E-state index is 12.0. The number of carboxylic acid groups (broad SMARTS) is 1. The molecule has 19 unspecified atom stereocenters. The van der Waals surface area contributed by atoms with Gasteiger partial charge in [0.05, 0.1) is 25.7 Å². The minimum Gasteiger partial charge on any atom is -0.481 e. The topological polar surface area (TPSA) is 304 Å². The van der Waals surface area contributed by atoms with Gasteiger partial charge in [-0.25, -0.2) is 0 Å². The van der Waals surface area contributed by atoms with Crippen molar-refractivity contribution in [1.29, 1.82) is 0 Å². The molecule has 28 bridgehead atoms. The predicted octanol–water partition coefficient (Wildman–Crippen LogP) is 18.9. The second-order valence-electron chi connectivity index (χ2n) is 45.8. The van der Waals surface area contributed by atoms with E-state index in [1.54, 1.807) is 19.3 Å². The maximum absolute atomic E-state index is 12.0. The van der Waals surface area contributed by atoms with E-state index in [0.717, 1.165) is 174 Å². The number of esters is 1. The van der Waals surface area contributed by atoms with Gasteiger partial charge in [-0.3, -0.25) is 49.5 Å². The highest BCUT2D eigenvalue weighted by Crippen LogP contribution is 2.72. The number of rotatable bonds is 9. The van der Waals surface area contributed by atoms with Gasteiger partial charge in [-0.1, -0.05) is 53.6 Å². The van der Waals surface area contributed by atoms with Crippen molar-refractivity contribution in [2.45, 2.75) is 353 Å². The number of methoxy groups -OCH3 is 1. The number of carbonyl (C=O) groups excluding carboxylic acids is 3. The molecule has 2 saturated heterocycles. The Morgan fingerprint density at radius 1 is 0.478 bits per heavy atom. The number of ketones is 1. The van der Waals surface area contributed by atoms with E-state index < -0.39 is 17.0 Å². The van der Waals surface area contributed by atoms with Gasteiger partial charge in [0.2, 0.25) is 23.0 Å². The quantitative estimate of drug-likeness (QED) is 0.0471. The van der Waals surface area contributed by atoms with Gasteiger partial charge in [-0.2, -0.15) is 0 Å². The molecular formula is C93H146N6O14. The average Bonchev–Trinajstić information content (AvgIpc) is 1.63. The van der Waals surface area contributed by atoms with E-state index >= 15 is 0 Å². The minimum atomic E-state index is -0.987. The second-order valence-corrected chi connectivity index (χ2v) is 45.8. The van der Waals surface area contributed by atoms with Crippen molar-refractivity contribution in [1.82, 2.24) is 10.6 Å². The van der Waals surface area contributed by atoms with Crippen molar-refractivity contribution in [2.24, 2.45) is 167 Å². The smallest absolute Gasteiger partial charge is 0.305 e. The fourth-order valence-electron chi connectivity index (χ4n) is 37.1. The molecule has 0 aromatic carbocycles. The molecular weight excluding hydrogens is 1430 g/mol. The molecule has 28 saturated carbocycles. The Morgan fingerprint density at radius 2 is 0.841 bits per heavy atom. The third-order valence-electron chi connectivity index (χ3n) is 38.8. The van der Waals surface area contributed by atoms with Crippen LogP contribution in [0.15, 0.2) is 18.3 Å². The first-order valence-electron chi connectivity index (χ1n) is 46.1. The van der Waals surface area contributed by atoms with Gasteiger partial charge in [0.1, 0.15) is 5.78 Å². The molecule has 1 amide bonds. The third kappa shape index (κ3) is 14.1. The molecule has 19 atom stereocenters. The first kappa shape index (κ1) is 83.5. The van der Waals surface area contributed by atoms with Crippen LogP contribution in [0.2, 0.25) is 0 Å². The summed E-state index contributed by atoms with van der Waals surface area (Å²) in [5.41, 5.74) is 1.01. The normalized spacial score (nSPS) is 51.8. The van der Waals surface area contributed by atoms with E-state index in [4.69, 9.17) is 15.4 Å². The number of carbonyl (C=O) groups is 4. The lowest BCUT2D eigenvalue weighted by molar-refractivity contribution is -0.617. The van der Waals surface area contributed by atoms with Crippen molar-refractivity contribution in [2.75, 3.05) is 20.8 Å². The van der Waals surface area contributed by atoms with Crippen molar-refractivity contribution >= 4 is 29.3 Å². The molecule has 2 heterocycles. The Kier molecular flexibility index (Phi) is 22.6. The average molecular weight is 1570 g/mol. The Balaban J connectivity index is 0.000000104. The fraction of sp³-hybridized carbons (Fsp3) is 0.925. The summed E-state index contributed by atoms with van der Waals surface area (Å²) < 4.78 is 4.69. The Morgan fingerprint density at radius 3 is 1.15 bits per heavy atom. The van der Waals surface area contributed by atoms with Gasteiger partial charge in [-0.15, -0.1) is 13.2 Å². The number of aliphatic hydroxyl groups is 1. The number of hydrogen-bond acceptors (Lipinski definition) is 15. The Bertz CT molecular complexity index is 3550. The van der Waals surface area contributed by atoms with Crippen LogP contribution < -0.4 is 10.6 Å². The molecule has 30 fully saturated rings. The molecule has 0 radical (unpaired) electrons. The molecule has 28 aliphatic carbocycles. The first-order chi connectivity index (χ1) is 53.6. The van der Waals surface area contributed by atoms with Crippen LogP contribution in [0.3, 0.4) is 0 Å². The van der Waals surface area contributed by atoms with E-state index in [2.05, 4.69) is 75.2 Å². The molecule has 632 valence electrons. The van der Waals surface area contributed by atoms with Gasteiger partial charge < -0.3 is 30.8 Å². The first-order valence-corrected chi connectivity index (χ1v) is 46.1. The number of aliphatic hydroxyl groups excluding tert-OH is 1. The molecule has 20 heteroatoms. The van der Waals surface area contributed by atoms with Crippen LogP contribution in [0.25, 0.3) is 0 Å². The number of nitrogens with zero attached hydrogens (tertiary/aromatic N) is 4. The van der Waals surface area contributed by atoms with Gasteiger partial charge in [0.15, 0.2) is 0 Å². The number of aliphatic carboxylic acids is 1. The molecule has 30 rings (SSSR count). The van der Waals surface area contributed by atoms with Crippen molar-refractivity contribution in [3.05, 3.63) is 43.5 Å². The van der Waals surface area contributed by atoms with E-state index in [9.17, 15) is 49.5 Å². The zero-order valence-corrected chi connectivity index (χ0v) is 70.8. The Hall–Kier alpha value is -4.59. The summed E-state index contributed by atoms with van der Waals surface area (Å²) in [5.74, 6) is 15.3. The van der Waals surface area contributed by atoms with Gasteiger partial charge in [-0.05, 0) is 356 Å². The molecule has 0 aromatic rings. The second kappa shape index (κ2) is 30.6. The zero-order chi connectivity index (χ0) is 80.8. The number of Topliss-reactive ketones (excluding diaryl/α,β-unsaturated/α-hetero) is 1. The maximum Gasteiger partial charge on any atom is 0.305 e. The molecule has 2 spiro atoms. The minimum absolute atomic E-state index is 0.0163. The monoisotopic (exact) mass is 1570 g/mol. The largest absolute Gasteiger partial charge is 0.481 e. The third-order valence-corrected chi connectivity index (χ3v) is 38.8. The van der Waals surface area contributed by atoms with Crippen LogP contribution in [0.4, 0.5) is 0 Å². The molecule has 20 nitrogen and oxygen atoms in total. The summed E-state index contributed by atoms with van der Waals surface area (Å²) in [6.07, 6.45) is 49.1. The van der Waals surface area contributed by atoms with Crippen LogP contribution in [-0.4, -0.2) is 108 Å². The molecule has 0 aromatic heterocycles. The van der Waals surface area contributed by atoms with Gasteiger partial charge >= 0.3 is 11.9 Å². The lowest BCUT2D eigenvalue weighted by atomic mass is 9.41. The van der Waals surface area contributed by atoms with Crippen LogP contribution in [0.5, 0.6) is 0 Å². The summed E-state index contributed by atoms with van der Waals surface area (Å²) in [7, 11) is 2.35. The highest BCUT2D eigenvalue weighted by Gasteiger charge is 2.74. The molecule has 2 aliphatic heterocycles. The predicted molar refractivity (Wildman–Crippen MR) is 434 cm³/mol. The van der Waals surface area contributed by atoms with Crippen LogP contribution in [0, 0.1) is 193 Å². The number of amides is 1. The number of carboxylic acids is 1. The van der Waals surface area contributed by atoms with Crippen LogP contribution >= 0.6 is 0 Å². The summed E-state index contributed by atoms with van der Waals surface area (Å²) in [4.78, 5) is 80.7. The zero-order valence-electron chi connectivity index (χ0n) is 70.8.